The van der Waals surface area contributed by atoms with Gasteiger partial charge < -0.3 is 25.6 Å². The molecular weight excluding hydrogens is 354 g/mol. The summed E-state index contributed by atoms with van der Waals surface area (Å²) in [4.78, 5) is 19.5. The highest BCUT2D eigenvalue weighted by molar-refractivity contribution is 5.80. The summed E-state index contributed by atoms with van der Waals surface area (Å²) in [6, 6.07) is 1.25. The van der Waals surface area contributed by atoms with Crippen LogP contribution in [0.4, 0.5) is 4.79 Å². The molecule has 1 saturated carbocycles. The van der Waals surface area contributed by atoms with E-state index in [0.29, 0.717) is 12.6 Å². The maximum absolute atomic E-state index is 12.1. The van der Waals surface area contributed by atoms with Crippen molar-refractivity contribution in [2.75, 3.05) is 26.2 Å². The molecule has 1 amide bonds. The van der Waals surface area contributed by atoms with E-state index in [4.69, 9.17) is 9.73 Å². The number of nitrogens with zero attached hydrogens (tertiary/aromatic N) is 2. The Morgan fingerprint density at radius 3 is 2.32 bits per heavy atom. The number of nitrogens with one attached hydrogen (secondary N) is 3. The smallest absolute Gasteiger partial charge is 0.407 e. The highest BCUT2D eigenvalue weighted by Gasteiger charge is 2.32. The number of guanidine groups is 1. The third-order valence-electron chi connectivity index (χ3n) is 5.23. The van der Waals surface area contributed by atoms with Crippen LogP contribution < -0.4 is 16.0 Å². The van der Waals surface area contributed by atoms with E-state index < -0.39 is 5.60 Å². The van der Waals surface area contributed by atoms with Gasteiger partial charge in [0, 0.05) is 31.7 Å². The number of aliphatic imine (C=N–C) groups is 1. The Balaban J connectivity index is 1.86. The van der Waals surface area contributed by atoms with Gasteiger partial charge in [0.2, 0.25) is 0 Å². The van der Waals surface area contributed by atoms with Crippen LogP contribution in [0.2, 0.25) is 0 Å². The van der Waals surface area contributed by atoms with Gasteiger partial charge in [-0.3, -0.25) is 4.99 Å². The summed E-state index contributed by atoms with van der Waals surface area (Å²) in [6.07, 6.45) is 4.69. The molecule has 162 valence electrons. The molecule has 1 saturated heterocycles. The average molecular weight is 396 g/mol. The van der Waals surface area contributed by atoms with Crippen LogP contribution in [0.1, 0.15) is 67.2 Å². The number of likely N-dealkylation sites (tertiary alicyclic amines) is 1. The Morgan fingerprint density at radius 1 is 1.18 bits per heavy atom. The van der Waals surface area contributed by atoms with E-state index in [1.165, 1.54) is 25.9 Å². The number of ether oxygens (including phenoxy) is 1. The number of rotatable bonds is 7. The molecule has 1 aliphatic heterocycles. The second kappa shape index (κ2) is 10.3. The molecule has 0 aromatic heterocycles. The molecule has 2 rings (SSSR count). The summed E-state index contributed by atoms with van der Waals surface area (Å²) in [5, 5.41) is 9.90. The minimum Gasteiger partial charge on any atom is -0.444 e. The molecule has 1 heterocycles. The van der Waals surface area contributed by atoms with E-state index in [9.17, 15) is 4.79 Å². The van der Waals surface area contributed by atoms with Gasteiger partial charge in [-0.05, 0) is 59.3 Å². The van der Waals surface area contributed by atoms with Gasteiger partial charge in [0.1, 0.15) is 5.60 Å². The van der Waals surface area contributed by atoms with E-state index in [2.05, 4.69) is 41.6 Å². The zero-order valence-electron chi connectivity index (χ0n) is 18.7. The fourth-order valence-electron chi connectivity index (χ4n) is 3.43. The number of hydrogen-bond acceptors (Lipinski definition) is 4. The lowest BCUT2D eigenvalue weighted by Crippen LogP contribution is -2.50. The number of amides is 1. The van der Waals surface area contributed by atoms with E-state index in [-0.39, 0.29) is 18.1 Å². The van der Waals surface area contributed by atoms with Crippen LogP contribution in [0.15, 0.2) is 4.99 Å². The molecule has 1 unspecified atom stereocenters. The van der Waals surface area contributed by atoms with Gasteiger partial charge in [-0.2, -0.15) is 0 Å². The highest BCUT2D eigenvalue weighted by Crippen LogP contribution is 2.29. The summed E-state index contributed by atoms with van der Waals surface area (Å²) in [7, 11) is 0. The van der Waals surface area contributed by atoms with E-state index in [1.807, 2.05) is 20.8 Å². The Labute approximate surface area is 171 Å². The zero-order valence-corrected chi connectivity index (χ0v) is 18.7. The maximum atomic E-state index is 12.1. The Hall–Kier alpha value is -1.50. The molecule has 0 aromatic carbocycles. The molecule has 1 aliphatic carbocycles. The lowest BCUT2D eigenvalue weighted by Gasteiger charge is -2.33. The minimum absolute atomic E-state index is 0.0676. The predicted molar refractivity (Wildman–Crippen MR) is 115 cm³/mol. The van der Waals surface area contributed by atoms with Crippen molar-refractivity contribution < 1.29 is 9.53 Å². The average Bonchev–Trinajstić information content (AvgIpc) is 3.42. The van der Waals surface area contributed by atoms with Crippen LogP contribution in [0.3, 0.4) is 0 Å². The molecule has 28 heavy (non-hydrogen) atoms. The normalized spacial score (nSPS) is 20.8. The summed E-state index contributed by atoms with van der Waals surface area (Å²) in [5.41, 5.74) is -0.499. The fraction of sp³-hybridized carbons (Fsp3) is 0.905. The lowest BCUT2D eigenvalue weighted by molar-refractivity contribution is 0.0493. The van der Waals surface area contributed by atoms with Crippen molar-refractivity contribution in [3.8, 4) is 0 Å². The molecule has 1 atom stereocenters. The number of hydrogen-bond donors (Lipinski definition) is 3. The van der Waals surface area contributed by atoms with E-state index in [1.54, 1.807) is 0 Å². The first-order chi connectivity index (χ1) is 13.2. The van der Waals surface area contributed by atoms with Gasteiger partial charge in [-0.1, -0.05) is 13.8 Å². The van der Waals surface area contributed by atoms with Crippen molar-refractivity contribution >= 4 is 12.1 Å². The van der Waals surface area contributed by atoms with Gasteiger partial charge >= 0.3 is 6.09 Å². The molecular formula is C21H41N5O2. The first-order valence-corrected chi connectivity index (χ1v) is 11.0. The quantitative estimate of drug-likeness (QED) is 0.456. The predicted octanol–water partition coefficient (Wildman–Crippen LogP) is 2.72. The van der Waals surface area contributed by atoms with E-state index >= 15 is 0 Å². The SMILES string of the molecule is CCNC(=NCC(NC(=O)OC(C)(C)C)C(C)C)NC1CCN(C2CC2)CC1. The van der Waals surface area contributed by atoms with Crippen molar-refractivity contribution in [3.05, 3.63) is 0 Å². The fourth-order valence-corrected chi connectivity index (χ4v) is 3.43. The van der Waals surface area contributed by atoms with Gasteiger partial charge in [0.25, 0.3) is 0 Å². The van der Waals surface area contributed by atoms with Crippen LogP contribution in [0, 0.1) is 5.92 Å². The van der Waals surface area contributed by atoms with Gasteiger partial charge in [-0.25, -0.2) is 4.79 Å². The highest BCUT2D eigenvalue weighted by atomic mass is 16.6. The van der Waals surface area contributed by atoms with Gasteiger partial charge in [-0.15, -0.1) is 0 Å². The molecule has 3 N–H and O–H groups in total. The van der Waals surface area contributed by atoms with Crippen LogP contribution in [-0.2, 0) is 4.74 Å². The van der Waals surface area contributed by atoms with Crippen molar-refractivity contribution in [1.82, 2.24) is 20.9 Å². The van der Waals surface area contributed by atoms with Crippen LogP contribution in [0.25, 0.3) is 0 Å². The molecule has 0 bridgehead atoms. The molecule has 0 spiro atoms. The van der Waals surface area contributed by atoms with Crippen molar-refractivity contribution in [2.45, 2.75) is 91.0 Å². The largest absolute Gasteiger partial charge is 0.444 e. The number of alkyl carbamates (subject to hydrolysis) is 1. The first kappa shape index (κ1) is 22.8. The molecule has 7 nitrogen and oxygen atoms in total. The monoisotopic (exact) mass is 395 g/mol. The van der Waals surface area contributed by atoms with Crippen molar-refractivity contribution in [1.29, 1.82) is 0 Å². The number of carbonyl (C=O) groups is 1. The van der Waals surface area contributed by atoms with Crippen LogP contribution in [0.5, 0.6) is 0 Å². The second-order valence-electron chi connectivity index (χ2n) is 9.40. The molecule has 0 radical (unpaired) electrons. The first-order valence-electron chi connectivity index (χ1n) is 11.0. The Bertz CT molecular complexity index is 517. The van der Waals surface area contributed by atoms with Crippen LogP contribution >= 0.6 is 0 Å². The Kier molecular flexibility index (Phi) is 8.40. The topological polar surface area (TPSA) is 78.0 Å². The third-order valence-corrected chi connectivity index (χ3v) is 5.23. The number of carbonyl (C=O) groups excluding carboxylic acids is 1. The van der Waals surface area contributed by atoms with Gasteiger partial charge in [0.15, 0.2) is 5.96 Å². The van der Waals surface area contributed by atoms with Crippen molar-refractivity contribution in [2.24, 2.45) is 10.9 Å². The standard InChI is InChI=1S/C21H41N5O2/c1-7-22-19(24-16-10-12-26(13-11-16)17-8-9-17)23-14-18(15(2)3)25-20(27)28-21(4,5)6/h15-18H,7-14H2,1-6H3,(H,25,27)(H2,22,23,24). The lowest BCUT2D eigenvalue weighted by atomic mass is 10.0. The second-order valence-corrected chi connectivity index (χ2v) is 9.40. The van der Waals surface area contributed by atoms with Crippen LogP contribution in [-0.4, -0.2) is 66.9 Å². The molecule has 0 aromatic rings. The molecule has 7 heteroatoms. The number of piperidine rings is 1. The van der Waals surface area contributed by atoms with E-state index in [0.717, 1.165) is 31.4 Å². The zero-order chi connectivity index (χ0) is 20.7. The Morgan fingerprint density at radius 2 is 1.82 bits per heavy atom. The van der Waals surface area contributed by atoms with Gasteiger partial charge in [0.05, 0.1) is 12.6 Å². The summed E-state index contributed by atoms with van der Waals surface area (Å²) >= 11 is 0. The molecule has 2 aliphatic rings. The minimum atomic E-state index is -0.499. The summed E-state index contributed by atoms with van der Waals surface area (Å²) in [5.74, 6) is 1.10. The maximum Gasteiger partial charge on any atom is 0.407 e. The van der Waals surface area contributed by atoms with Crippen molar-refractivity contribution in [3.63, 3.8) is 0 Å². The third kappa shape index (κ3) is 8.25. The summed E-state index contributed by atoms with van der Waals surface area (Å²) in [6.45, 7) is 15.6. The molecule has 2 fully saturated rings. The summed E-state index contributed by atoms with van der Waals surface area (Å²) < 4.78 is 5.39.